The van der Waals surface area contributed by atoms with E-state index in [0.29, 0.717) is 13.0 Å². The second-order valence-electron chi connectivity index (χ2n) is 2.01. The SMILES string of the molecule is O=COCC1NCC1O. The van der Waals surface area contributed by atoms with Crippen LogP contribution in [0.15, 0.2) is 0 Å². The van der Waals surface area contributed by atoms with E-state index in [1.807, 2.05) is 0 Å². The van der Waals surface area contributed by atoms with Gasteiger partial charge in [-0.1, -0.05) is 0 Å². The number of β-amino-alcohol motifs (C(OH)–C–C–N with tert-alkyl or cyclic N) is 1. The minimum atomic E-state index is -0.343. The van der Waals surface area contributed by atoms with Gasteiger partial charge in [-0.2, -0.15) is 0 Å². The number of aliphatic hydroxyl groups excluding tert-OH is 1. The van der Waals surface area contributed by atoms with E-state index in [-0.39, 0.29) is 18.8 Å². The summed E-state index contributed by atoms with van der Waals surface area (Å²) in [5.74, 6) is 0. The van der Waals surface area contributed by atoms with E-state index in [1.54, 1.807) is 0 Å². The molecule has 1 rings (SSSR count). The Bertz CT molecular complexity index is 106. The molecule has 0 saturated carbocycles. The smallest absolute Gasteiger partial charge is 0.293 e. The van der Waals surface area contributed by atoms with Crippen molar-refractivity contribution < 1.29 is 14.6 Å². The summed E-state index contributed by atoms with van der Waals surface area (Å²) in [5, 5.41) is 11.8. The zero-order valence-corrected chi connectivity index (χ0v) is 4.91. The minimum Gasteiger partial charge on any atom is -0.466 e. The molecule has 0 aliphatic carbocycles. The highest BCUT2D eigenvalue weighted by atomic mass is 16.5. The average Bonchev–Trinajstić information content (AvgIpc) is 1.86. The molecule has 2 atom stereocenters. The van der Waals surface area contributed by atoms with Crippen LogP contribution in [-0.2, 0) is 9.53 Å². The third kappa shape index (κ3) is 1.40. The van der Waals surface area contributed by atoms with Crippen molar-refractivity contribution in [3.05, 3.63) is 0 Å². The van der Waals surface area contributed by atoms with Gasteiger partial charge in [-0.25, -0.2) is 0 Å². The van der Waals surface area contributed by atoms with Gasteiger partial charge in [0.25, 0.3) is 6.47 Å². The second kappa shape index (κ2) is 2.80. The van der Waals surface area contributed by atoms with Gasteiger partial charge in [-0.15, -0.1) is 0 Å². The zero-order chi connectivity index (χ0) is 6.69. The van der Waals surface area contributed by atoms with Crippen molar-refractivity contribution in [1.82, 2.24) is 5.32 Å². The first kappa shape index (κ1) is 6.51. The van der Waals surface area contributed by atoms with Crippen LogP contribution in [-0.4, -0.2) is 36.9 Å². The molecule has 0 aromatic heterocycles. The Labute approximate surface area is 52.8 Å². The molecule has 4 heteroatoms. The third-order valence-electron chi connectivity index (χ3n) is 1.40. The summed E-state index contributed by atoms with van der Waals surface area (Å²) >= 11 is 0. The van der Waals surface area contributed by atoms with Crippen molar-refractivity contribution in [3.63, 3.8) is 0 Å². The molecule has 1 fully saturated rings. The summed E-state index contributed by atoms with van der Waals surface area (Å²) in [6, 6.07) is -0.0461. The zero-order valence-electron chi connectivity index (χ0n) is 4.91. The van der Waals surface area contributed by atoms with Gasteiger partial charge in [-0.3, -0.25) is 4.79 Å². The fourth-order valence-corrected chi connectivity index (χ4v) is 0.703. The molecule has 0 bridgehead atoms. The molecule has 0 aromatic carbocycles. The van der Waals surface area contributed by atoms with Crippen LogP contribution >= 0.6 is 0 Å². The minimum absolute atomic E-state index is 0.0461. The molecule has 1 heterocycles. The van der Waals surface area contributed by atoms with Crippen LogP contribution < -0.4 is 5.32 Å². The lowest BCUT2D eigenvalue weighted by Crippen LogP contribution is -2.59. The predicted octanol–water partition coefficient (Wildman–Crippen LogP) is -1.51. The van der Waals surface area contributed by atoms with Crippen LogP contribution in [0.3, 0.4) is 0 Å². The summed E-state index contributed by atoms with van der Waals surface area (Å²) < 4.78 is 4.40. The number of nitrogens with one attached hydrogen (secondary N) is 1. The van der Waals surface area contributed by atoms with Crippen molar-refractivity contribution in [2.45, 2.75) is 12.1 Å². The maximum Gasteiger partial charge on any atom is 0.293 e. The van der Waals surface area contributed by atoms with Gasteiger partial charge in [0.2, 0.25) is 0 Å². The van der Waals surface area contributed by atoms with Crippen molar-refractivity contribution >= 4 is 6.47 Å². The van der Waals surface area contributed by atoms with Crippen molar-refractivity contribution in [3.8, 4) is 0 Å². The van der Waals surface area contributed by atoms with Crippen molar-refractivity contribution in [2.24, 2.45) is 0 Å². The summed E-state index contributed by atoms with van der Waals surface area (Å²) in [6.07, 6.45) is -0.343. The number of carbonyl (C=O) groups excluding carboxylic acids is 1. The highest BCUT2D eigenvalue weighted by molar-refractivity contribution is 5.37. The Balaban J connectivity index is 2.06. The number of carbonyl (C=O) groups is 1. The molecule has 1 aliphatic heterocycles. The van der Waals surface area contributed by atoms with Gasteiger partial charge < -0.3 is 15.2 Å². The van der Waals surface area contributed by atoms with E-state index in [1.165, 1.54) is 0 Å². The van der Waals surface area contributed by atoms with E-state index < -0.39 is 0 Å². The molecule has 52 valence electrons. The van der Waals surface area contributed by atoms with Gasteiger partial charge in [0.1, 0.15) is 6.61 Å². The number of hydrogen-bond acceptors (Lipinski definition) is 4. The molecule has 2 N–H and O–H groups in total. The highest BCUT2D eigenvalue weighted by Gasteiger charge is 2.28. The molecule has 0 aromatic rings. The van der Waals surface area contributed by atoms with Crippen LogP contribution in [0.1, 0.15) is 0 Å². The van der Waals surface area contributed by atoms with E-state index in [9.17, 15) is 4.79 Å². The summed E-state index contributed by atoms with van der Waals surface area (Å²) in [6.45, 7) is 1.25. The monoisotopic (exact) mass is 131 g/mol. The lowest BCUT2D eigenvalue weighted by molar-refractivity contribution is -0.131. The molecule has 1 saturated heterocycles. The first-order chi connectivity index (χ1) is 4.34. The summed E-state index contributed by atoms with van der Waals surface area (Å²) in [5.41, 5.74) is 0. The molecule has 2 unspecified atom stereocenters. The van der Waals surface area contributed by atoms with Gasteiger partial charge in [-0.05, 0) is 0 Å². The number of hydrogen-bond donors (Lipinski definition) is 2. The maximum absolute atomic E-state index is 9.62. The average molecular weight is 131 g/mol. The lowest BCUT2D eigenvalue weighted by atomic mass is 10.1. The third-order valence-corrected chi connectivity index (χ3v) is 1.40. The topological polar surface area (TPSA) is 58.6 Å². The quantitative estimate of drug-likeness (QED) is 0.457. The standard InChI is InChI=1S/C5H9NO3/c7-3-9-2-4-5(8)1-6-4/h3-6,8H,1-2H2. The summed E-state index contributed by atoms with van der Waals surface area (Å²) in [4.78, 5) is 9.62. The number of ether oxygens (including phenoxy) is 1. The Kier molecular flexibility index (Phi) is 2.02. The molecule has 0 radical (unpaired) electrons. The van der Waals surface area contributed by atoms with Gasteiger partial charge in [0, 0.05) is 6.54 Å². The first-order valence-electron chi connectivity index (χ1n) is 2.81. The van der Waals surface area contributed by atoms with E-state index in [2.05, 4.69) is 10.1 Å². The van der Waals surface area contributed by atoms with E-state index >= 15 is 0 Å². The number of rotatable bonds is 3. The molecule has 9 heavy (non-hydrogen) atoms. The molecular weight excluding hydrogens is 122 g/mol. The van der Waals surface area contributed by atoms with Crippen LogP contribution in [0, 0.1) is 0 Å². The molecule has 0 spiro atoms. The maximum atomic E-state index is 9.62. The van der Waals surface area contributed by atoms with Gasteiger partial charge in [0.15, 0.2) is 0 Å². The van der Waals surface area contributed by atoms with Crippen molar-refractivity contribution in [1.29, 1.82) is 0 Å². The fourth-order valence-electron chi connectivity index (χ4n) is 0.703. The van der Waals surface area contributed by atoms with Gasteiger partial charge in [0.05, 0.1) is 12.1 Å². The lowest BCUT2D eigenvalue weighted by Gasteiger charge is -2.32. The Morgan fingerprint density at radius 2 is 2.67 bits per heavy atom. The first-order valence-corrected chi connectivity index (χ1v) is 2.81. The molecular formula is C5H9NO3. The normalized spacial score (nSPS) is 33.0. The van der Waals surface area contributed by atoms with Crippen LogP contribution in [0.2, 0.25) is 0 Å². The summed E-state index contributed by atoms with van der Waals surface area (Å²) in [7, 11) is 0. The van der Waals surface area contributed by atoms with Crippen LogP contribution in [0.25, 0.3) is 0 Å². The van der Waals surface area contributed by atoms with E-state index in [0.717, 1.165) is 0 Å². The van der Waals surface area contributed by atoms with Crippen LogP contribution in [0.5, 0.6) is 0 Å². The second-order valence-corrected chi connectivity index (χ2v) is 2.01. The largest absolute Gasteiger partial charge is 0.466 e. The van der Waals surface area contributed by atoms with E-state index in [4.69, 9.17) is 5.11 Å². The molecule has 1 aliphatic rings. The fraction of sp³-hybridized carbons (Fsp3) is 0.800. The Morgan fingerprint density at radius 3 is 3.00 bits per heavy atom. The highest BCUT2D eigenvalue weighted by Crippen LogP contribution is 2.02. The van der Waals surface area contributed by atoms with Gasteiger partial charge >= 0.3 is 0 Å². The predicted molar refractivity (Wildman–Crippen MR) is 29.8 cm³/mol. The number of aliphatic hydroxyl groups is 1. The van der Waals surface area contributed by atoms with Crippen molar-refractivity contribution in [2.75, 3.05) is 13.2 Å². The molecule has 4 nitrogen and oxygen atoms in total. The Hall–Kier alpha value is -0.610. The molecule has 0 amide bonds. The van der Waals surface area contributed by atoms with Crippen LogP contribution in [0.4, 0.5) is 0 Å². The Morgan fingerprint density at radius 1 is 1.89 bits per heavy atom.